The van der Waals surface area contributed by atoms with Crippen LogP contribution in [0.25, 0.3) is 0 Å². The van der Waals surface area contributed by atoms with Gasteiger partial charge >= 0.3 is 0 Å². The van der Waals surface area contributed by atoms with Gasteiger partial charge in [-0.2, -0.15) is 4.98 Å². The van der Waals surface area contributed by atoms with Crippen LogP contribution >= 0.6 is 0 Å². The molecule has 2 heterocycles. The molecule has 110 valence electrons. The fourth-order valence-corrected chi connectivity index (χ4v) is 2.41. The van der Waals surface area contributed by atoms with Crippen LogP contribution in [-0.4, -0.2) is 53.8 Å². The second kappa shape index (κ2) is 6.04. The number of nitrogens with one attached hydrogen (secondary N) is 1. The van der Waals surface area contributed by atoms with Gasteiger partial charge in [0.05, 0.1) is 25.7 Å². The molecule has 1 aliphatic rings. The zero-order valence-corrected chi connectivity index (χ0v) is 11.8. The SMILES string of the molecule is CNC(=O)CC1(O)CCCN(c2nccc(OC)n2)C1. The molecule has 1 fully saturated rings. The average molecular weight is 280 g/mol. The monoisotopic (exact) mass is 280 g/mol. The van der Waals surface area contributed by atoms with Gasteiger partial charge < -0.3 is 20.1 Å². The number of anilines is 1. The van der Waals surface area contributed by atoms with E-state index in [9.17, 15) is 9.90 Å². The smallest absolute Gasteiger partial charge is 0.228 e. The van der Waals surface area contributed by atoms with Gasteiger partial charge in [-0.05, 0) is 12.8 Å². The third kappa shape index (κ3) is 3.36. The first-order valence-corrected chi connectivity index (χ1v) is 6.61. The molecule has 1 aliphatic heterocycles. The molecule has 1 aromatic heterocycles. The van der Waals surface area contributed by atoms with E-state index in [4.69, 9.17) is 4.74 Å². The van der Waals surface area contributed by atoms with Crippen molar-refractivity contribution in [2.24, 2.45) is 0 Å². The molecular weight excluding hydrogens is 260 g/mol. The molecule has 0 bridgehead atoms. The number of hydrogen-bond acceptors (Lipinski definition) is 6. The second-order valence-corrected chi connectivity index (χ2v) is 5.00. The van der Waals surface area contributed by atoms with Crippen molar-refractivity contribution < 1.29 is 14.6 Å². The Morgan fingerprint density at radius 3 is 3.15 bits per heavy atom. The lowest BCUT2D eigenvalue weighted by Crippen LogP contribution is -2.50. The van der Waals surface area contributed by atoms with Crippen LogP contribution in [0.4, 0.5) is 5.95 Å². The summed E-state index contributed by atoms with van der Waals surface area (Å²) >= 11 is 0. The summed E-state index contributed by atoms with van der Waals surface area (Å²) in [5.74, 6) is 0.829. The number of hydrogen-bond donors (Lipinski definition) is 2. The summed E-state index contributed by atoms with van der Waals surface area (Å²) in [4.78, 5) is 21.8. The second-order valence-electron chi connectivity index (χ2n) is 5.00. The number of β-amino-alcohol motifs (C(OH)–C–C–N with tert-alkyl or cyclic N) is 1. The molecule has 1 aromatic rings. The van der Waals surface area contributed by atoms with Gasteiger partial charge in [-0.3, -0.25) is 4.79 Å². The Labute approximate surface area is 118 Å². The first kappa shape index (κ1) is 14.5. The van der Waals surface area contributed by atoms with Crippen molar-refractivity contribution in [1.82, 2.24) is 15.3 Å². The largest absolute Gasteiger partial charge is 0.481 e. The van der Waals surface area contributed by atoms with Crippen molar-refractivity contribution in [2.45, 2.75) is 24.9 Å². The number of ether oxygens (including phenoxy) is 1. The van der Waals surface area contributed by atoms with Crippen molar-refractivity contribution in [3.63, 3.8) is 0 Å². The molecule has 2 N–H and O–H groups in total. The third-order valence-electron chi connectivity index (χ3n) is 3.43. The lowest BCUT2D eigenvalue weighted by atomic mass is 9.89. The molecule has 1 atom stereocenters. The summed E-state index contributed by atoms with van der Waals surface area (Å²) in [6.45, 7) is 1.09. The zero-order chi connectivity index (χ0) is 14.6. The van der Waals surface area contributed by atoms with Crippen molar-refractivity contribution >= 4 is 11.9 Å². The van der Waals surface area contributed by atoms with Crippen LogP contribution in [0.2, 0.25) is 0 Å². The molecule has 2 rings (SSSR count). The predicted octanol–water partition coefficient (Wildman–Crippen LogP) is -0.0474. The molecular formula is C13H20N4O3. The summed E-state index contributed by atoms with van der Waals surface area (Å²) in [7, 11) is 3.11. The van der Waals surface area contributed by atoms with E-state index in [0.29, 0.717) is 24.8 Å². The van der Waals surface area contributed by atoms with Crippen LogP contribution in [0.5, 0.6) is 5.88 Å². The highest BCUT2D eigenvalue weighted by Gasteiger charge is 2.36. The summed E-state index contributed by atoms with van der Waals surface area (Å²) < 4.78 is 5.08. The van der Waals surface area contributed by atoms with Crippen molar-refractivity contribution in [1.29, 1.82) is 0 Å². The van der Waals surface area contributed by atoms with Gasteiger partial charge in [0, 0.05) is 25.9 Å². The minimum absolute atomic E-state index is 0.0873. The molecule has 0 saturated carbocycles. The maximum atomic E-state index is 11.5. The average Bonchev–Trinajstić information content (AvgIpc) is 2.46. The Kier molecular flexibility index (Phi) is 4.39. The number of rotatable bonds is 4. The van der Waals surface area contributed by atoms with Gasteiger partial charge in [-0.25, -0.2) is 4.98 Å². The normalized spacial score (nSPS) is 22.4. The van der Waals surface area contributed by atoms with Gasteiger partial charge in [-0.1, -0.05) is 0 Å². The van der Waals surface area contributed by atoms with Crippen LogP contribution in [0.3, 0.4) is 0 Å². The topological polar surface area (TPSA) is 87.6 Å². The van der Waals surface area contributed by atoms with E-state index < -0.39 is 5.60 Å². The minimum atomic E-state index is -1.04. The minimum Gasteiger partial charge on any atom is -0.481 e. The van der Waals surface area contributed by atoms with Crippen LogP contribution in [0.1, 0.15) is 19.3 Å². The lowest BCUT2D eigenvalue weighted by Gasteiger charge is -2.38. The van der Waals surface area contributed by atoms with Crippen LogP contribution in [0.15, 0.2) is 12.3 Å². The maximum Gasteiger partial charge on any atom is 0.228 e. The summed E-state index contributed by atoms with van der Waals surface area (Å²) in [5, 5.41) is 13.1. The Bertz CT molecular complexity index is 482. The molecule has 7 heteroatoms. The van der Waals surface area contributed by atoms with Crippen LogP contribution in [0, 0.1) is 0 Å². The zero-order valence-electron chi connectivity index (χ0n) is 11.8. The van der Waals surface area contributed by atoms with Gasteiger partial charge in [0.15, 0.2) is 0 Å². The van der Waals surface area contributed by atoms with Gasteiger partial charge in [0.2, 0.25) is 17.7 Å². The van der Waals surface area contributed by atoms with E-state index in [1.165, 1.54) is 0 Å². The van der Waals surface area contributed by atoms with E-state index >= 15 is 0 Å². The molecule has 1 saturated heterocycles. The number of aromatic nitrogens is 2. The number of carbonyl (C=O) groups is 1. The fraction of sp³-hybridized carbons (Fsp3) is 0.615. The first-order valence-electron chi connectivity index (χ1n) is 6.61. The van der Waals surface area contributed by atoms with Crippen LogP contribution < -0.4 is 15.0 Å². The van der Waals surface area contributed by atoms with Crippen molar-refractivity contribution in [2.75, 3.05) is 32.1 Å². The van der Waals surface area contributed by atoms with Gasteiger partial charge in [0.25, 0.3) is 0 Å². The van der Waals surface area contributed by atoms with E-state index in [1.807, 2.05) is 4.90 Å². The number of piperidine rings is 1. The fourth-order valence-electron chi connectivity index (χ4n) is 2.41. The number of aliphatic hydroxyl groups is 1. The number of carbonyl (C=O) groups excluding carboxylic acids is 1. The number of nitrogens with zero attached hydrogens (tertiary/aromatic N) is 3. The van der Waals surface area contributed by atoms with Crippen molar-refractivity contribution in [3.05, 3.63) is 12.3 Å². The highest BCUT2D eigenvalue weighted by Crippen LogP contribution is 2.27. The van der Waals surface area contributed by atoms with Gasteiger partial charge in [-0.15, -0.1) is 0 Å². The summed E-state index contributed by atoms with van der Waals surface area (Å²) in [5.41, 5.74) is -1.04. The van der Waals surface area contributed by atoms with Crippen LogP contribution in [-0.2, 0) is 4.79 Å². The molecule has 0 aromatic carbocycles. The number of methoxy groups -OCH3 is 1. The van der Waals surface area contributed by atoms with E-state index in [0.717, 1.165) is 13.0 Å². The van der Waals surface area contributed by atoms with E-state index in [-0.39, 0.29) is 12.3 Å². The molecule has 0 spiro atoms. The highest BCUT2D eigenvalue weighted by atomic mass is 16.5. The van der Waals surface area contributed by atoms with E-state index in [1.54, 1.807) is 26.4 Å². The number of amides is 1. The Morgan fingerprint density at radius 1 is 1.65 bits per heavy atom. The molecule has 1 unspecified atom stereocenters. The lowest BCUT2D eigenvalue weighted by molar-refractivity contribution is -0.125. The summed E-state index contributed by atoms with van der Waals surface area (Å²) in [6.07, 6.45) is 3.09. The highest BCUT2D eigenvalue weighted by molar-refractivity contribution is 5.76. The third-order valence-corrected chi connectivity index (χ3v) is 3.43. The Morgan fingerprint density at radius 2 is 2.45 bits per heavy atom. The predicted molar refractivity (Wildman–Crippen MR) is 73.7 cm³/mol. The Balaban J connectivity index is 2.11. The quantitative estimate of drug-likeness (QED) is 0.804. The summed E-state index contributed by atoms with van der Waals surface area (Å²) in [6, 6.07) is 1.67. The molecule has 0 radical (unpaired) electrons. The molecule has 0 aliphatic carbocycles. The standard InChI is InChI=1S/C13H20N4O3/c1-14-10(18)8-13(19)5-3-7-17(9-13)12-15-6-4-11(16-12)20-2/h4,6,19H,3,5,7-9H2,1-2H3,(H,14,18). The molecule has 1 amide bonds. The first-order chi connectivity index (χ1) is 9.56. The molecule has 7 nitrogen and oxygen atoms in total. The van der Waals surface area contributed by atoms with Gasteiger partial charge in [0.1, 0.15) is 0 Å². The van der Waals surface area contributed by atoms with Crippen molar-refractivity contribution in [3.8, 4) is 5.88 Å². The Hall–Kier alpha value is -1.89. The maximum absolute atomic E-state index is 11.5. The molecule has 20 heavy (non-hydrogen) atoms. The van der Waals surface area contributed by atoms with E-state index in [2.05, 4.69) is 15.3 Å².